The summed E-state index contributed by atoms with van der Waals surface area (Å²) in [6.07, 6.45) is 6.95. The molecule has 0 bridgehead atoms. The summed E-state index contributed by atoms with van der Waals surface area (Å²) in [6.45, 7) is 1.96. The van der Waals surface area contributed by atoms with Crippen molar-refractivity contribution in [1.82, 2.24) is 15.3 Å². The molecule has 1 aliphatic heterocycles. The van der Waals surface area contributed by atoms with Gasteiger partial charge in [-0.2, -0.15) is 0 Å². The molecule has 1 N–H and O–H groups in total. The zero-order valence-corrected chi connectivity index (χ0v) is 13.5. The Bertz CT molecular complexity index is 721. The van der Waals surface area contributed by atoms with Gasteiger partial charge in [0.05, 0.1) is 18.7 Å². The Labute approximate surface area is 142 Å². The highest BCUT2D eigenvalue weighted by Gasteiger charge is 2.26. The highest BCUT2D eigenvalue weighted by atomic mass is 16.1. The number of amides is 1. The van der Waals surface area contributed by atoms with E-state index in [2.05, 4.69) is 32.0 Å². The summed E-state index contributed by atoms with van der Waals surface area (Å²) in [7, 11) is 0. The van der Waals surface area contributed by atoms with Gasteiger partial charge in [0.25, 0.3) is 0 Å². The number of nitrogens with one attached hydrogen (secondary N) is 1. The molecule has 24 heavy (non-hydrogen) atoms. The first-order chi connectivity index (χ1) is 11.8. The Morgan fingerprint density at radius 3 is 2.96 bits per heavy atom. The molecule has 1 aromatic heterocycles. The Balaban J connectivity index is 1.51. The molecule has 1 amide bonds. The molecule has 2 aromatic rings. The van der Waals surface area contributed by atoms with Crippen LogP contribution in [0.25, 0.3) is 0 Å². The number of hydrogen-bond acceptors (Lipinski definition) is 4. The van der Waals surface area contributed by atoms with Crippen LogP contribution in [-0.4, -0.2) is 35.5 Å². The predicted molar refractivity (Wildman–Crippen MR) is 93.3 cm³/mol. The monoisotopic (exact) mass is 320 g/mol. The van der Waals surface area contributed by atoms with Crippen molar-refractivity contribution in [3.8, 4) is 11.8 Å². The van der Waals surface area contributed by atoms with Crippen LogP contribution in [0.4, 0.5) is 5.82 Å². The first-order valence-electron chi connectivity index (χ1n) is 8.15. The van der Waals surface area contributed by atoms with E-state index in [1.165, 1.54) is 0 Å². The number of piperidine rings is 1. The van der Waals surface area contributed by atoms with Crippen LogP contribution in [0.1, 0.15) is 18.4 Å². The van der Waals surface area contributed by atoms with E-state index in [1.54, 1.807) is 18.6 Å². The molecule has 1 atom stereocenters. The van der Waals surface area contributed by atoms with Gasteiger partial charge in [-0.15, -0.1) is 0 Å². The Kier molecular flexibility index (Phi) is 5.41. The van der Waals surface area contributed by atoms with Gasteiger partial charge in [-0.3, -0.25) is 9.78 Å². The number of benzene rings is 1. The maximum Gasteiger partial charge on any atom is 0.225 e. The van der Waals surface area contributed by atoms with Gasteiger partial charge in [-0.25, -0.2) is 4.98 Å². The van der Waals surface area contributed by atoms with Gasteiger partial charge in [0, 0.05) is 31.0 Å². The highest BCUT2D eigenvalue weighted by molar-refractivity contribution is 5.79. The van der Waals surface area contributed by atoms with Crippen LogP contribution in [0.3, 0.4) is 0 Å². The van der Waals surface area contributed by atoms with Crippen molar-refractivity contribution in [3.05, 3.63) is 54.5 Å². The van der Waals surface area contributed by atoms with Crippen molar-refractivity contribution in [2.45, 2.75) is 12.8 Å². The van der Waals surface area contributed by atoms with E-state index in [0.29, 0.717) is 13.1 Å². The van der Waals surface area contributed by atoms with E-state index in [4.69, 9.17) is 0 Å². The molecule has 1 fully saturated rings. The summed E-state index contributed by atoms with van der Waals surface area (Å²) in [5.41, 5.74) is 0.957. The Morgan fingerprint density at radius 2 is 2.17 bits per heavy atom. The number of carbonyl (C=O) groups excluding carboxylic acids is 1. The van der Waals surface area contributed by atoms with Crippen molar-refractivity contribution >= 4 is 11.7 Å². The number of anilines is 1. The molecule has 3 rings (SSSR count). The second-order valence-electron chi connectivity index (χ2n) is 5.73. The molecule has 1 aliphatic rings. The molecule has 1 aromatic carbocycles. The maximum absolute atomic E-state index is 12.3. The molecule has 5 nitrogen and oxygen atoms in total. The number of aromatic nitrogens is 2. The SMILES string of the molecule is O=C(NCC#Cc1ccccc1)[C@H]1CCCN(c2cnccn2)C1. The number of rotatable bonds is 3. The molecular formula is C19H20N4O. The van der Waals surface area contributed by atoms with E-state index < -0.39 is 0 Å². The highest BCUT2D eigenvalue weighted by Crippen LogP contribution is 2.20. The van der Waals surface area contributed by atoms with E-state index in [-0.39, 0.29) is 11.8 Å². The molecule has 0 radical (unpaired) electrons. The van der Waals surface area contributed by atoms with Crippen LogP contribution in [0.2, 0.25) is 0 Å². The van der Waals surface area contributed by atoms with Gasteiger partial charge < -0.3 is 10.2 Å². The van der Waals surface area contributed by atoms with Crippen molar-refractivity contribution in [2.75, 3.05) is 24.5 Å². The zero-order valence-electron chi connectivity index (χ0n) is 13.5. The van der Waals surface area contributed by atoms with Gasteiger partial charge in [0.1, 0.15) is 5.82 Å². The van der Waals surface area contributed by atoms with Crippen molar-refractivity contribution < 1.29 is 4.79 Å². The maximum atomic E-state index is 12.3. The number of nitrogens with zero attached hydrogens (tertiary/aromatic N) is 3. The summed E-state index contributed by atoms with van der Waals surface area (Å²) >= 11 is 0. The third kappa shape index (κ3) is 4.32. The van der Waals surface area contributed by atoms with E-state index in [1.807, 2.05) is 30.3 Å². The molecule has 0 aliphatic carbocycles. The predicted octanol–water partition coefficient (Wildman–Crippen LogP) is 1.86. The van der Waals surface area contributed by atoms with Gasteiger partial charge in [-0.1, -0.05) is 30.0 Å². The first kappa shape index (κ1) is 16.0. The van der Waals surface area contributed by atoms with Crippen LogP contribution in [0.5, 0.6) is 0 Å². The summed E-state index contributed by atoms with van der Waals surface area (Å²) in [5.74, 6) is 6.91. The zero-order chi connectivity index (χ0) is 16.6. The van der Waals surface area contributed by atoms with Crippen LogP contribution >= 0.6 is 0 Å². The lowest BCUT2D eigenvalue weighted by Crippen LogP contribution is -2.43. The van der Waals surface area contributed by atoms with Crippen molar-refractivity contribution in [2.24, 2.45) is 5.92 Å². The van der Waals surface area contributed by atoms with Crippen molar-refractivity contribution in [3.63, 3.8) is 0 Å². The molecule has 5 heteroatoms. The van der Waals surface area contributed by atoms with Gasteiger partial charge in [-0.05, 0) is 25.0 Å². The van der Waals surface area contributed by atoms with Crippen LogP contribution < -0.4 is 10.2 Å². The molecular weight excluding hydrogens is 300 g/mol. The fraction of sp³-hybridized carbons (Fsp3) is 0.316. The van der Waals surface area contributed by atoms with E-state index in [0.717, 1.165) is 30.8 Å². The molecule has 0 saturated carbocycles. The van der Waals surface area contributed by atoms with Crippen LogP contribution in [-0.2, 0) is 4.79 Å². The Morgan fingerprint density at radius 1 is 1.29 bits per heavy atom. The fourth-order valence-corrected chi connectivity index (χ4v) is 2.80. The molecule has 2 heterocycles. The average molecular weight is 320 g/mol. The third-order valence-corrected chi connectivity index (χ3v) is 4.02. The Hall–Kier alpha value is -2.87. The van der Waals surface area contributed by atoms with Crippen LogP contribution in [0, 0.1) is 17.8 Å². The normalized spacial score (nSPS) is 16.8. The van der Waals surface area contributed by atoms with Gasteiger partial charge in [0.15, 0.2) is 0 Å². The van der Waals surface area contributed by atoms with E-state index in [9.17, 15) is 4.79 Å². The van der Waals surface area contributed by atoms with Crippen molar-refractivity contribution in [1.29, 1.82) is 0 Å². The molecule has 0 unspecified atom stereocenters. The second-order valence-corrected chi connectivity index (χ2v) is 5.73. The number of carbonyl (C=O) groups is 1. The lowest BCUT2D eigenvalue weighted by atomic mass is 9.97. The molecule has 0 spiro atoms. The topological polar surface area (TPSA) is 58.1 Å². The van der Waals surface area contributed by atoms with Gasteiger partial charge in [0.2, 0.25) is 5.91 Å². The first-order valence-corrected chi connectivity index (χ1v) is 8.15. The fourth-order valence-electron chi connectivity index (χ4n) is 2.80. The minimum atomic E-state index is -0.0284. The summed E-state index contributed by atoms with van der Waals surface area (Å²) in [4.78, 5) is 22.9. The standard InChI is InChI=1S/C19H20N4O/c24-19(22-10-4-8-16-6-2-1-3-7-16)17-9-5-13-23(15-17)18-14-20-11-12-21-18/h1-3,6-7,11-12,14,17H,5,9-10,13,15H2,(H,22,24)/t17-/m0/s1. The second kappa shape index (κ2) is 8.11. The average Bonchev–Trinajstić information content (AvgIpc) is 2.67. The van der Waals surface area contributed by atoms with E-state index >= 15 is 0 Å². The third-order valence-electron chi connectivity index (χ3n) is 4.02. The number of hydrogen-bond donors (Lipinski definition) is 1. The summed E-state index contributed by atoms with van der Waals surface area (Å²) < 4.78 is 0. The smallest absolute Gasteiger partial charge is 0.225 e. The molecule has 122 valence electrons. The summed E-state index contributed by atoms with van der Waals surface area (Å²) in [6, 6.07) is 9.76. The summed E-state index contributed by atoms with van der Waals surface area (Å²) in [5, 5.41) is 2.92. The minimum Gasteiger partial charge on any atom is -0.355 e. The lowest BCUT2D eigenvalue weighted by molar-refractivity contribution is -0.124. The largest absolute Gasteiger partial charge is 0.355 e. The van der Waals surface area contributed by atoms with Crippen LogP contribution in [0.15, 0.2) is 48.9 Å². The minimum absolute atomic E-state index is 0.0284. The quantitative estimate of drug-likeness (QED) is 0.877. The van der Waals surface area contributed by atoms with Gasteiger partial charge >= 0.3 is 0 Å². The molecule has 1 saturated heterocycles. The lowest BCUT2D eigenvalue weighted by Gasteiger charge is -2.32.